The highest BCUT2D eigenvalue weighted by atomic mass is 19.3. The number of nitrogens with two attached hydrogens (primary N) is 1. The van der Waals surface area contributed by atoms with Crippen molar-refractivity contribution in [1.29, 1.82) is 0 Å². The summed E-state index contributed by atoms with van der Waals surface area (Å²) in [6, 6.07) is 8.61. The number of rotatable bonds is 10. The average Bonchev–Trinajstić information content (AvgIpc) is 2.81. The third-order valence-electron chi connectivity index (χ3n) is 5.90. The number of anilines is 1. The van der Waals surface area contributed by atoms with E-state index in [0.717, 1.165) is 17.2 Å². The summed E-state index contributed by atoms with van der Waals surface area (Å²) in [5, 5.41) is 11.8. The van der Waals surface area contributed by atoms with Crippen LogP contribution in [0.2, 0.25) is 0 Å². The number of aryl methyl sites for hydroxylation is 1. The summed E-state index contributed by atoms with van der Waals surface area (Å²) in [5.41, 5.74) is 6.94. The molecule has 0 unspecified atom stereocenters. The molecule has 1 amide bonds. The van der Waals surface area contributed by atoms with E-state index in [1.165, 1.54) is 6.08 Å². The van der Waals surface area contributed by atoms with Gasteiger partial charge in [-0.05, 0) is 54.8 Å². The molecule has 0 aliphatic carbocycles. The van der Waals surface area contributed by atoms with Crippen LogP contribution in [0.15, 0.2) is 53.8 Å². The number of nitrogens with zero attached hydrogens (tertiary/aromatic N) is 1. The van der Waals surface area contributed by atoms with Gasteiger partial charge in [0.25, 0.3) is 11.8 Å². The Balaban J connectivity index is 1.97. The lowest BCUT2D eigenvalue weighted by Gasteiger charge is -2.38. The largest absolute Gasteiger partial charge is 0.475 e. The zero-order valence-corrected chi connectivity index (χ0v) is 20.4. The molecule has 10 heteroatoms. The number of hydrogen-bond acceptors (Lipinski definition) is 6. The maximum absolute atomic E-state index is 13.9. The Kier molecular flexibility index (Phi) is 8.42. The molecular formula is C26H30F3N3O4. The quantitative estimate of drug-likeness (QED) is 0.332. The van der Waals surface area contributed by atoms with Crippen LogP contribution in [0.1, 0.15) is 25.1 Å². The number of ether oxygens (including phenoxy) is 2. The van der Waals surface area contributed by atoms with E-state index < -0.39 is 29.6 Å². The van der Waals surface area contributed by atoms with Gasteiger partial charge in [-0.25, -0.2) is 18.2 Å². The molecule has 1 aromatic heterocycles. The smallest absolute Gasteiger partial charge is 0.284 e. The van der Waals surface area contributed by atoms with E-state index in [1.54, 1.807) is 37.3 Å². The van der Waals surface area contributed by atoms with Gasteiger partial charge in [0, 0.05) is 24.3 Å². The van der Waals surface area contributed by atoms with Gasteiger partial charge in [0.2, 0.25) is 5.88 Å². The Morgan fingerprint density at radius 1 is 1.33 bits per heavy atom. The number of nitrogens with one attached hydrogen (secondary N) is 1. The Hall–Kier alpha value is -3.37. The molecule has 0 spiro atoms. The molecule has 194 valence electrons. The zero-order valence-electron chi connectivity index (χ0n) is 20.4. The Bertz CT molecular complexity index is 1170. The van der Waals surface area contributed by atoms with E-state index in [-0.39, 0.29) is 37.9 Å². The first-order chi connectivity index (χ1) is 17.0. The van der Waals surface area contributed by atoms with Gasteiger partial charge in [-0.1, -0.05) is 12.1 Å². The molecule has 1 aromatic carbocycles. The Morgan fingerprint density at radius 2 is 2.06 bits per heavy atom. The Labute approximate surface area is 207 Å². The lowest BCUT2D eigenvalue weighted by molar-refractivity contribution is -0.112. The maximum atomic E-state index is 13.9. The second-order valence-corrected chi connectivity index (χ2v) is 8.77. The molecule has 2 heterocycles. The van der Waals surface area contributed by atoms with E-state index in [1.807, 2.05) is 6.92 Å². The number of halogens is 3. The molecule has 3 rings (SSSR count). The van der Waals surface area contributed by atoms with Gasteiger partial charge in [-0.15, -0.1) is 0 Å². The van der Waals surface area contributed by atoms with Gasteiger partial charge in [0.1, 0.15) is 13.3 Å². The highest BCUT2D eigenvalue weighted by Gasteiger charge is 2.42. The number of aliphatic hydroxyl groups excluding tert-OH is 1. The summed E-state index contributed by atoms with van der Waals surface area (Å²) >= 11 is 0. The van der Waals surface area contributed by atoms with E-state index in [0.29, 0.717) is 23.9 Å². The third kappa shape index (κ3) is 6.06. The first kappa shape index (κ1) is 27.2. The number of allylic oxidation sites excluding steroid dienone is 2. The number of benzene rings is 1. The maximum Gasteiger partial charge on any atom is 0.284 e. The van der Waals surface area contributed by atoms with Gasteiger partial charge in [0.15, 0.2) is 0 Å². The molecule has 1 aliphatic rings. The molecule has 4 N–H and O–H groups in total. The Morgan fingerprint density at radius 3 is 2.61 bits per heavy atom. The number of pyridine rings is 1. The van der Waals surface area contributed by atoms with Crippen molar-refractivity contribution in [2.45, 2.75) is 32.1 Å². The first-order valence-electron chi connectivity index (χ1n) is 11.4. The average molecular weight is 506 g/mol. The van der Waals surface area contributed by atoms with Gasteiger partial charge in [0.05, 0.1) is 36.6 Å². The molecule has 0 atom stereocenters. The minimum Gasteiger partial charge on any atom is -0.475 e. The fourth-order valence-electron chi connectivity index (χ4n) is 3.59. The van der Waals surface area contributed by atoms with Crippen molar-refractivity contribution in [3.63, 3.8) is 0 Å². The lowest BCUT2D eigenvalue weighted by atomic mass is 9.82. The summed E-state index contributed by atoms with van der Waals surface area (Å²) < 4.78 is 51.6. The van der Waals surface area contributed by atoms with Gasteiger partial charge in [-0.2, -0.15) is 0 Å². The van der Waals surface area contributed by atoms with E-state index in [9.17, 15) is 18.0 Å². The van der Waals surface area contributed by atoms with Crippen molar-refractivity contribution in [2.24, 2.45) is 5.73 Å². The van der Waals surface area contributed by atoms with Crippen molar-refractivity contribution in [1.82, 2.24) is 4.98 Å². The molecule has 0 saturated carbocycles. The molecule has 2 aromatic rings. The fourth-order valence-corrected chi connectivity index (χ4v) is 3.59. The van der Waals surface area contributed by atoms with E-state index in [2.05, 4.69) is 10.3 Å². The second kappa shape index (κ2) is 11.1. The minimum atomic E-state index is -3.26. The van der Waals surface area contributed by atoms with Crippen LogP contribution in [0.4, 0.5) is 18.9 Å². The van der Waals surface area contributed by atoms with Crippen molar-refractivity contribution in [3.05, 3.63) is 65.0 Å². The first-order valence-corrected chi connectivity index (χ1v) is 11.4. The van der Waals surface area contributed by atoms with Crippen LogP contribution >= 0.6 is 0 Å². The highest BCUT2D eigenvalue weighted by molar-refractivity contribution is 6.06. The summed E-state index contributed by atoms with van der Waals surface area (Å²) in [6.07, 6.45) is 2.33. The van der Waals surface area contributed by atoms with Gasteiger partial charge < -0.3 is 25.6 Å². The molecule has 1 fully saturated rings. The van der Waals surface area contributed by atoms with Crippen molar-refractivity contribution < 1.29 is 32.5 Å². The predicted molar refractivity (Wildman–Crippen MR) is 131 cm³/mol. The number of aromatic nitrogens is 1. The molecule has 1 aliphatic heterocycles. The van der Waals surface area contributed by atoms with Crippen LogP contribution in [-0.4, -0.2) is 55.0 Å². The van der Waals surface area contributed by atoms with Crippen molar-refractivity contribution in [2.75, 3.05) is 38.4 Å². The topological polar surface area (TPSA) is 107 Å². The predicted octanol–water partition coefficient (Wildman–Crippen LogP) is 4.05. The second-order valence-electron chi connectivity index (χ2n) is 8.77. The summed E-state index contributed by atoms with van der Waals surface area (Å²) in [5.74, 6) is -3.64. The fraction of sp³-hybridized carbons (Fsp3) is 0.385. The minimum absolute atomic E-state index is 0.0168. The van der Waals surface area contributed by atoms with Crippen LogP contribution in [0.25, 0.3) is 11.1 Å². The van der Waals surface area contributed by atoms with Crippen LogP contribution in [0.5, 0.6) is 5.88 Å². The van der Waals surface area contributed by atoms with Crippen molar-refractivity contribution >= 4 is 11.6 Å². The van der Waals surface area contributed by atoms with Gasteiger partial charge in [-0.3, -0.25) is 4.79 Å². The van der Waals surface area contributed by atoms with Crippen LogP contribution in [0, 0.1) is 6.92 Å². The van der Waals surface area contributed by atoms with Crippen LogP contribution in [-0.2, 0) is 14.9 Å². The molecular weight excluding hydrogens is 475 g/mol. The number of carbonyl (C=O) groups is 1. The molecule has 7 nitrogen and oxygen atoms in total. The highest BCUT2D eigenvalue weighted by Crippen LogP contribution is 2.37. The molecule has 36 heavy (non-hydrogen) atoms. The third-order valence-corrected chi connectivity index (χ3v) is 5.90. The van der Waals surface area contributed by atoms with Crippen molar-refractivity contribution in [3.8, 4) is 17.0 Å². The molecule has 0 radical (unpaired) electrons. The number of alkyl halides is 3. The molecule has 0 bridgehead atoms. The molecule has 1 saturated heterocycles. The summed E-state index contributed by atoms with van der Waals surface area (Å²) in [7, 11) is 0. The normalized spacial score (nSPS) is 15.9. The van der Waals surface area contributed by atoms with Crippen LogP contribution < -0.4 is 15.8 Å². The number of hydrogen-bond donors (Lipinski definition) is 3. The summed E-state index contributed by atoms with van der Waals surface area (Å²) in [6.45, 7) is 3.60. The zero-order chi connectivity index (χ0) is 26.5. The van der Waals surface area contributed by atoms with E-state index >= 15 is 0 Å². The lowest BCUT2D eigenvalue weighted by Crippen LogP contribution is -2.49. The monoisotopic (exact) mass is 505 g/mol. The summed E-state index contributed by atoms with van der Waals surface area (Å²) in [4.78, 5) is 17.2. The van der Waals surface area contributed by atoms with E-state index in [4.69, 9.17) is 20.3 Å². The number of aliphatic hydroxyl groups is 1. The van der Waals surface area contributed by atoms with Gasteiger partial charge >= 0.3 is 0 Å². The van der Waals surface area contributed by atoms with Crippen LogP contribution in [0.3, 0.4) is 0 Å². The number of carbonyl (C=O) groups excluding carboxylic acids is 1. The SMILES string of the molecule is C/C=C(\C=C(/N)C(C)(F)F)C(=O)Nc1ccc(C)c(-c2cc(OCCO)nc(C3(CF)COC3)c2)c1. The number of amides is 1. The standard InChI is InChI=1S/C26H30F3N3O4/c1-4-17(9-21(30)25(3,28)29)24(34)31-19-6-5-16(2)20(12-19)18-10-22(26(13-27)14-35-15-26)32-23(11-18)36-8-7-33/h4-6,9-12,33H,7-8,13-15,30H2,1-3H3,(H,31,34)/b17-4+,21-9-.